The van der Waals surface area contributed by atoms with Crippen molar-refractivity contribution in [1.29, 1.82) is 0 Å². The molecule has 1 heterocycles. The summed E-state index contributed by atoms with van der Waals surface area (Å²) in [4.78, 5) is 26.2. The number of aromatic amines is 1. The molecule has 0 aliphatic rings. The van der Waals surface area contributed by atoms with Gasteiger partial charge in [-0.3, -0.25) is 9.59 Å². The van der Waals surface area contributed by atoms with Gasteiger partial charge in [-0.05, 0) is 24.6 Å². The third kappa shape index (κ3) is 2.40. The minimum Gasteiger partial charge on any atom is -0.359 e. The van der Waals surface area contributed by atoms with Gasteiger partial charge >= 0.3 is 0 Å². The molecule has 0 aliphatic heterocycles. The van der Waals surface area contributed by atoms with Crippen LogP contribution in [0.3, 0.4) is 0 Å². The first-order chi connectivity index (χ1) is 8.61. The summed E-state index contributed by atoms with van der Waals surface area (Å²) in [7, 11) is 0. The van der Waals surface area contributed by atoms with Crippen molar-refractivity contribution in [3.63, 3.8) is 0 Å². The quantitative estimate of drug-likeness (QED) is 0.876. The molecule has 0 spiro atoms. The fourth-order valence-corrected chi connectivity index (χ4v) is 1.73. The van der Waals surface area contributed by atoms with Gasteiger partial charge in [0.05, 0.1) is 5.52 Å². The largest absolute Gasteiger partial charge is 0.359 e. The van der Waals surface area contributed by atoms with E-state index >= 15 is 0 Å². The summed E-state index contributed by atoms with van der Waals surface area (Å²) in [6, 6.07) is 3.86. The van der Waals surface area contributed by atoms with E-state index in [1.54, 1.807) is 0 Å². The Bertz CT molecular complexity index is 649. The van der Waals surface area contributed by atoms with Crippen molar-refractivity contribution in [2.45, 2.75) is 19.8 Å². The summed E-state index contributed by atoms with van der Waals surface area (Å²) >= 11 is 0. The van der Waals surface area contributed by atoms with Gasteiger partial charge in [-0.15, -0.1) is 0 Å². The molecular formula is C13H13FN2O2. The van der Waals surface area contributed by atoms with Crippen LogP contribution < -0.4 is 10.7 Å². The summed E-state index contributed by atoms with van der Waals surface area (Å²) in [6.07, 6.45) is 2.46. The molecule has 0 saturated heterocycles. The Hall–Kier alpha value is -2.17. The van der Waals surface area contributed by atoms with Crippen LogP contribution in [-0.2, 0) is 4.79 Å². The number of carbonyl (C=O) groups excluding carboxylic acids is 1. The van der Waals surface area contributed by atoms with Crippen LogP contribution >= 0.6 is 0 Å². The van der Waals surface area contributed by atoms with Gasteiger partial charge in [0, 0.05) is 18.0 Å². The molecule has 1 aromatic heterocycles. The van der Waals surface area contributed by atoms with Crippen LogP contribution in [0.4, 0.5) is 10.1 Å². The number of pyridine rings is 1. The van der Waals surface area contributed by atoms with Crippen molar-refractivity contribution in [2.24, 2.45) is 0 Å². The van der Waals surface area contributed by atoms with Crippen LogP contribution in [0.1, 0.15) is 19.8 Å². The third-order valence-corrected chi connectivity index (χ3v) is 2.59. The molecule has 1 aromatic carbocycles. The predicted octanol–water partition coefficient (Wildman–Crippen LogP) is 2.41. The van der Waals surface area contributed by atoms with Gasteiger partial charge in [0.25, 0.3) is 0 Å². The SMILES string of the molecule is CCCC(=O)Nc1c[nH]c2cc(F)ccc2c1=O. The normalized spacial score (nSPS) is 10.6. The van der Waals surface area contributed by atoms with Crippen LogP contribution in [0.25, 0.3) is 10.9 Å². The molecule has 18 heavy (non-hydrogen) atoms. The summed E-state index contributed by atoms with van der Waals surface area (Å²) in [5.41, 5.74) is 0.286. The lowest BCUT2D eigenvalue weighted by Crippen LogP contribution is -2.18. The van der Waals surface area contributed by atoms with Gasteiger partial charge < -0.3 is 10.3 Å². The Morgan fingerprint density at radius 1 is 1.44 bits per heavy atom. The lowest BCUT2D eigenvalue weighted by molar-refractivity contribution is -0.116. The number of benzene rings is 1. The highest BCUT2D eigenvalue weighted by atomic mass is 19.1. The molecule has 2 rings (SSSR count). The Morgan fingerprint density at radius 2 is 2.22 bits per heavy atom. The zero-order chi connectivity index (χ0) is 13.1. The fraction of sp³-hybridized carbons (Fsp3) is 0.231. The van der Waals surface area contributed by atoms with E-state index in [0.717, 1.165) is 0 Å². The second-order valence-corrected chi connectivity index (χ2v) is 4.02. The zero-order valence-corrected chi connectivity index (χ0v) is 9.92. The number of nitrogens with one attached hydrogen (secondary N) is 2. The van der Waals surface area contributed by atoms with Gasteiger partial charge in [-0.1, -0.05) is 6.92 Å². The van der Waals surface area contributed by atoms with Crippen molar-refractivity contribution in [2.75, 3.05) is 5.32 Å². The molecule has 2 N–H and O–H groups in total. The van der Waals surface area contributed by atoms with Crippen molar-refractivity contribution >= 4 is 22.5 Å². The van der Waals surface area contributed by atoms with Crippen LogP contribution in [0.5, 0.6) is 0 Å². The number of amides is 1. The molecule has 1 amide bonds. The fourth-order valence-electron chi connectivity index (χ4n) is 1.73. The lowest BCUT2D eigenvalue weighted by Gasteiger charge is -2.05. The average molecular weight is 248 g/mol. The first-order valence-corrected chi connectivity index (χ1v) is 5.72. The molecule has 2 aromatic rings. The molecule has 94 valence electrons. The standard InChI is InChI=1S/C13H13FN2O2/c1-2-3-12(17)16-11-7-15-10-6-8(14)4-5-9(10)13(11)18/h4-7H,2-3H2,1H3,(H,15,18)(H,16,17). The number of hydrogen-bond donors (Lipinski definition) is 2. The first kappa shape index (κ1) is 12.3. The van der Waals surface area contributed by atoms with Crippen LogP contribution in [-0.4, -0.2) is 10.9 Å². The topological polar surface area (TPSA) is 62.0 Å². The maximum atomic E-state index is 13.0. The van der Waals surface area contributed by atoms with E-state index in [4.69, 9.17) is 0 Å². The minimum absolute atomic E-state index is 0.188. The second kappa shape index (κ2) is 5.00. The highest BCUT2D eigenvalue weighted by molar-refractivity contribution is 5.92. The maximum Gasteiger partial charge on any atom is 0.224 e. The Kier molecular flexibility index (Phi) is 3.41. The number of anilines is 1. The van der Waals surface area contributed by atoms with E-state index in [0.29, 0.717) is 23.7 Å². The van der Waals surface area contributed by atoms with Gasteiger partial charge in [0.15, 0.2) is 0 Å². The minimum atomic E-state index is -0.416. The number of aromatic nitrogens is 1. The number of rotatable bonds is 3. The Morgan fingerprint density at radius 3 is 2.94 bits per heavy atom. The summed E-state index contributed by atoms with van der Waals surface area (Å²) in [5, 5.41) is 2.89. The van der Waals surface area contributed by atoms with Crippen molar-refractivity contribution < 1.29 is 9.18 Å². The highest BCUT2D eigenvalue weighted by Gasteiger charge is 2.08. The van der Waals surface area contributed by atoms with Crippen molar-refractivity contribution in [3.8, 4) is 0 Å². The van der Waals surface area contributed by atoms with E-state index in [1.807, 2.05) is 6.92 Å². The monoisotopic (exact) mass is 248 g/mol. The molecule has 0 aliphatic carbocycles. The van der Waals surface area contributed by atoms with E-state index < -0.39 is 5.82 Å². The molecule has 0 radical (unpaired) electrons. The van der Waals surface area contributed by atoms with Gasteiger partial charge in [0.1, 0.15) is 11.5 Å². The molecule has 0 atom stereocenters. The highest BCUT2D eigenvalue weighted by Crippen LogP contribution is 2.12. The number of carbonyl (C=O) groups is 1. The summed E-state index contributed by atoms with van der Waals surface area (Å²) in [5.74, 6) is -0.620. The summed E-state index contributed by atoms with van der Waals surface area (Å²) < 4.78 is 13.0. The average Bonchev–Trinajstić information content (AvgIpc) is 2.33. The lowest BCUT2D eigenvalue weighted by atomic mass is 10.2. The first-order valence-electron chi connectivity index (χ1n) is 5.72. The Balaban J connectivity index is 2.42. The van der Waals surface area contributed by atoms with Crippen molar-refractivity contribution in [1.82, 2.24) is 4.98 Å². The third-order valence-electron chi connectivity index (χ3n) is 2.59. The number of hydrogen-bond acceptors (Lipinski definition) is 2. The van der Waals surface area contributed by atoms with Gasteiger partial charge in [-0.2, -0.15) is 0 Å². The second-order valence-electron chi connectivity index (χ2n) is 4.02. The molecule has 0 bridgehead atoms. The molecule has 5 heteroatoms. The van der Waals surface area contributed by atoms with E-state index in [-0.39, 0.29) is 17.0 Å². The molecule has 0 unspecified atom stereocenters. The number of halogens is 1. The molecule has 0 fully saturated rings. The molecular weight excluding hydrogens is 235 g/mol. The van der Waals surface area contributed by atoms with Gasteiger partial charge in [0.2, 0.25) is 11.3 Å². The smallest absolute Gasteiger partial charge is 0.224 e. The zero-order valence-electron chi connectivity index (χ0n) is 9.92. The maximum absolute atomic E-state index is 13.0. The molecule has 0 saturated carbocycles. The van der Waals surface area contributed by atoms with Crippen LogP contribution in [0, 0.1) is 5.82 Å². The Labute approximate surface area is 103 Å². The van der Waals surface area contributed by atoms with E-state index in [1.165, 1.54) is 24.4 Å². The number of H-pyrrole nitrogens is 1. The van der Waals surface area contributed by atoms with Crippen molar-refractivity contribution in [3.05, 3.63) is 40.4 Å². The van der Waals surface area contributed by atoms with E-state index in [2.05, 4.69) is 10.3 Å². The molecule has 4 nitrogen and oxygen atoms in total. The van der Waals surface area contributed by atoms with Crippen LogP contribution in [0.2, 0.25) is 0 Å². The predicted molar refractivity (Wildman–Crippen MR) is 68.1 cm³/mol. The summed E-state index contributed by atoms with van der Waals surface area (Å²) in [6.45, 7) is 1.88. The van der Waals surface area contributed by atoms with Crippen LogP contribution in [0.15, 0.2) is 29.2 Å². The number of fused-ring (bicyclic) bond motifs is 1. The van der Waals surface area contributed by atoms with Gasteiger partial charge in [-0.25, -0.2) is 4.39 Å². The van der Waals surface area contributed by atoms with E-state index in [9.17, 15) is 14.0 Å².